The highest BCUT2D eigenvalue weighted by Gasteiger charge is 2.37. The van der Waals surface area contributed by atoms with Crippen molar-refractivity contribution in [3.63, 3.8) is 0 Å². The third kappa shape index (κ3) is 3.78. The molecule has 1 aliphatic heterocycles. The molecule has 0 radical (unpaired) electrons. The number of aliphatic hydroxyl groups excluding tert-OH is 1. The first kappa shape index (κ1) is 14.5. The Balaban J connectivity index is 1.98. The highest BCUT2D eigenvalue weighted by Crippen LogP contribution is 2.28. The van der Waals surface area contributed by atoms with E-state index in [1.54, 1.807) is 0 Å². The molecule has 1 fully saturated rings. The lowest BCUT2D eigenvalue weighted by Gasteiger charge is -2.42. The SMILES string of the molecule is CC(C)C1CC(CO)(NCc2ccccc2)CCO1. The van der Waals surface area contributed by atoms with Crippen LogP contribution in [0.25, 0.3) is 0 Å². The van der Waals surface area contributed by atoms with Gasteiger partial charge in [-0.1, -0.05) is 44.2 Å². The second-order valence-corrected chi connectivity index (χ2v) is 5.88. The van der Waals surface area contributed by atoms with E-state index in [-0.39, 0.29) is 18.2 Å². The topological polar surface area (TPSA) is 41.5 Å². The fraction of sp³-hybridized carbons (Fsp3) is 0.625. The van der Waals surface area contributed by atoms with E-state index >= 15 is 0 Å². The number of aliphatic hydroxyl groups is 1. The highest BCUT2D eigenvalue weighted by atomic mass is 16.5. The fourth-order valence-corrected chi connectivity index (χ4v) is 2.63. The lowest BCUT2D eigenvalue weighted by molar-refractivity contribution is -0.0650. The fourth-order valence-electron chi connectivity index (χ4n) is 2.63. The van der Waals surface area contributed by atoms with Crippen molar-refractivity contribution >= 4 is 0 Å². The molecule has 3 nitrogen and oxygen atoms in total. The highest BCUT2D eigenvalue weighted by molar-refractivity contribution is 5.15. The molecule has 2 rings (SSSR count). The summed E-state index contributed by atoms with van der Waals surface area (Å²) in [4.78, 5) is 0. The minimum Gasteiger partial charge on any atom is -0.394 e. The van der Waals surface area contributed by atoms with Gasteiger partial charge in [-0.15, -0.1) is 0 Å². The molecule has 0 bridgehead atoms. The molecule has 1 aliphatic rings. The van der Waals surface area contributed by atoms with Gasteiger partial charge in [0.15, 0.2) is 0 Å². The van der Waals surface area contributed by atoms with Crippen molar-refractivity contribution in [2.45, 2.75) is 44.9 Å². The van der Waals surface area contributed by atoms with Crippen LogP contribution < -0.4 is 5.32 Å². The summed E-state index contributed by atoms with van der Waals surface area (Å²) < 4.78 is 5.80. The zero-order valence-corrected chi connectivity index (χ0v) is 11.9. The summed E-state index contributed by atoms with van der Waals surface area (Å²) in [6, 6.07) is 10.3. The van der Waals surface area contributed by atoms with Crippen molar-refractivity contribution in [1.82, 2.24) is 5.32 Å². The van der Waals surface area contributed by atoms with E-state index in [2.05, 4.69) is 31.3 Å². The van der Waals surface area contributed by atoms with Crippen LogP contribution in [-0.4, -0.2) is 30.0 Å². The van der Waals surface area contributed by atoms with E-state index in [1.165, 1.54) is 5.56 Å². The maximum atomic E-state index is 9.80. The standard InChI is InChI=1S/C16H25NO2/c1-13(2)15-10-16(12-18,8-9-19-15)17-11-14-6-4-3-5-7-14/h3-7,13,15,17-18H,8-12H2,1-2H3. The molecule has 0 aromatic heterocycles. The number of hydrogen-bond acceptors (Lipinski definition) is 3. The Morgan fingerprint density at radius 2 is 2.11 bits per heavy atom. The van der Waals surface area contributed by atoms with Crippen molar-refractivity contribution < 1.29 is 9.84 Å². The minimum atomic E-state index is -0.191. The van der Waals surface area contributed by atoms with Crippen molar-refractivity contribution in [3.05, 3.63) is 35.9 Å². The third-order valence-corrected chi connectivity index (χ3v) is 4.06. The molecular weight excluding hydrogens is 238 g/mol. The quantitative estimate of drug-likeness (QED) is 0.857. The second kappa shape index (κ2) is 6.51. The summed E-state index contributed by atoms with van der Waals surface area (Å²) in [5, 5.41) is 13.4. The van der Waals surface area contributed by atoms with E-state index < -0.39 is 0 Å². The first-order valence-electron chi connectivity index (χ1n) is 7.17. The van der Waals surface area contributed by atoms with Gasteiger partial charge in [-0.05, 0) is 24.3 Å². The van der Waals surface area contributed by atoms with Gasteiger partial charge in [-0.2, -0.15) is 0 Å². The molecular formula is C16H25NO2. The predicted molar refractivity (Wildman–Crippen MR) is 76.9 cm³/mol. The molecule has 0 aliphatic carbocycles. The maximum Gasteiger partial charge on any atom is 0.0616 e. The van der Waals surface area contributed by atoms with Gasteiger partial charge in [-0.25, -0.2) is 0 Å². The van der Waals surface area contributed by atoms with Crippen LogP contribution in [0.3, 0.4) is 0 Å². The van der Waals surface area contributed by atoms with Gasteiger partial charge in [0, 0.05) is 18.7 Å². The Morgan fingerprint density at radius 3 is 2.74 bits per heavy atom. The smallest absolute Gasteiger partial charge is 0.0616 e. The summed E-state index contributed by atoms with van der Waals surface area (Å²) in [6.45, 7) is 6.05. The molecule has 0 saturated carbocycles. The number of ether oxygens (including phenoxy) is 1. The average molecular weight is 263 g/mol. The monoisotopic (exact) mass is 263 g/mol. The molecule has 1 heterocycles. The second-order valence-electron chi connectivity index (χ2n) is 5.88. The number of rotatable bonds is 5. The summed E-state index contributed by atoms with van der Waals surface area (Å²) in [7, 11) is 0. The van der Waals surface area contributed by atoms with Gasteiger partial charge >= 0.3 is 0 Å². The lowest BCUT2D eigenvalue weighted by Crippen LogP contribution is -2.55. The Hall–Kier alpha value is -0.900. The molecule has 2 unspecified atom stereocenters. The number of nitrogens with one attached hydrogen (secondary N) is 1. The van der Waals surface area contributed by atoms with E-state index in [0.717, 1.165) is 26.0 Å². The zero-order chi connectivity index (χ0) is 13.7. The largest absolute Gasteiger partial charge is 0.394 e. The normalized spacial score (nSPS) is 27.7. The molecule has 0 amide bonds. The first-order chi connectivity index (χ1) is 9.15. The summed E-state index contributed by atoms with van der Waals surface area (Å²) >= 11 is 0. The molecule has 1 aromatic carbocycles. The minimum absolute atomic E-state index is 0.173. The van der Waals surface area contributed by atoms with Gasteiger partial charge in [0.1, 0.15) is 0 Å². The number of hydrogen-bond donors (Lipinski definition) is 2. The number of benzene rings is 1. The lowest BCUT2D eigenvalue weighted by atomic mass is 9.83. The van der Waals surface area contributed by atoms with Gasteiger partial charge < -0.3 is 15.2 Å². The Kier molecular flexibility index (Phi) is 4.97. The summed E-state index contributed by atoms with van der Waals surface area (Å²) in [5.41, 5.74) is 1.06. The van der Waals surface area contributed by atoms with Crippen molar-refractivity contribution in [2.75, 3.05) is 13.2 Å². The molecule has 2 N–H and O–H groups in total. The first-order valence-corrected chi connectivity index (χ1v) is 7.17. The zero-order valence-electron chi connectivity index (χ0n) is 11.9. The van der Waals surface area contributed by atoms with Crippen LogP contribution >= 0.6 is 0 Å². The Bertz CT molecular complexity index is 380. The van der Waals surface area contributed by atoms with E-state index in [9.17, 15) is 5.11 Å². The average Bonchev–Trinajstić information content (AvgIpc) is 2.46. The van der Waals surface area contributed by atoms with Gasteiger partial charge in [-0.3, -0.25) is 0 Å². The van der Waals surface area contributed by atoms with Crippen LogP contribution in [0.15, 0.2) is 30.3 Å². The van der Waals surface area contributed by atoms with Crippen molar-refractivity contribution in [2.24, 2.45) is 5.92 Å². The summed E-state index contributed by atoms with van der Waals surface area (Å²) in [5.74, 6) is 0.491. The maximum absolute atomic E-state index is 9.80. The van der Waals surface area contributed by atoms with E-state index in [0.29, 0.717) is 5.92 Å². The molecule has 3 heteroatoms. The molecule has 19 heavy (non-hydrogen) atoms. The molecule has 0 spiro atoms. The van der Waals surface area contributed by atoms with E-state index in [4.69, 9.17) is 4.74 Å². The van der Waals surface area contributed by atoms with Crippen LogP contribution in [0, 0.1) is 5.92 Å². The molecule has 1 aromatic rings. The van der Waals surface area contributed by atoms with Crippen LogP contribution in [0.4, 0.5) is 0 Å². The van der Waals surface area contributed by atoms with Crippen LogP contribution in [0.5, 0.6) is 0 Å². The van der Waals surface area contributed by atoms with Crippen LogP contribution in [0.2, 0.25) is 0 Å². The van der Waals surface area contributed by atoms with Crippen molar-refractivity contribution in [1.29, 1.82) is 0 Å². The molecule has 2 atom stereocenters. The Morgan fingerprint density at radius 1 is 1.37 bits per heavy atom. The van der Waals surface area contributed by atoms with Gasteiger partial charge in [0.2, 0.25) is 0 Å². The molecule has 1 saturated heterocycles. The van der Waals surface area contributed by atoms with Gasteiger partial charge in [0.25, 0.3) is 0 Å². The third-order valence-electron chi connectivity index (χ3n) is 4.06. The predicted octanol–water partition coefficient (Wildman–Crippen LogP) is 2.34. The Labute approximate surface area is 116 Å². The molecule has 106 valence electrons. The van der Waals surface area contributed by atoms with Gasteiger partial charge in [0.05, 0.1) is 12.7 Å². The van der Waals surface area contributed by atoms with Crippen LogP contribution in [0.1, 0.15) is 32.3 Å². The van der Waals surface area contributed by atoms with Crippen molar-refractivity contribution in [3.8, 4) is 0 Å². The van der Waals surface area contributed by atoms with Crippen LogP contribution in [-0.2, 0) is 11.3 Å². The summed E-state index contributed by atoms with van der Waals surface area (Å²) in [6.07, 6.45) is 2.00. The van der Waals surface area contributed by atoms with E-state index in [1.807, 2.05) is 18.2 Å².